The molecule has 1 aromatic rings. The number of halogens is 1. The minimum absolute atomic E-state index is 0.0133. The molecule has 0 aromatic heterocycles. The summed E-state index contributed by atoms with van der Waals surface area (Å²) in [5.41, 5.74) is 0.308. The molecule has 2 heteroatoms. The lowest BCUT2D eigenvalue weighted by Crippen LogP contribution is -2.08. The van der Waals surface area contributed by atoms with Crippen LogP contribution in [0.4, 0.5) is 4.39 Å². The number of ketones is 1. The maximum Gasteiger partial charge on any atom is 0.169 e. The van der Waals surface area contributed by atoms with E-state index in [9.17, 15) is 9.18 Å². The summed E-state index contributed by atoms with van der Waals surface area (Å²) in [6.07, 6.45) is 0.875. The Labute approximate surface area is 82.9 Å². The van der Waals surface area contributed by atoms with Crippen LogP contribution in [0.1, 0.15) is 30.6 Å². The van der Waals surface area contributed by atoms with E-state index in [1.54, 1.807) is 18.2 Å². The Balaban J connectivity index is 2.25. The summed E-state index contributed by atoms with van der Waals surface area (Å²) < 4.78 is 13.3. The minimum Gasteiger partial charge on any atom is -0.294 e. The van der Waals surface area contributed by atoms with E-state index in [1.165, 1.54) is 6.07 Å². The fourth-order valence-electron chi connectivity index (χ4n) is 1.76. The molecule has 0 saturated heterocycles. The zero-order valence-corrected chi connectivity index (χ0v) is 8.38. The smallest absolute Gasteiger partial charge is 0.169 e. The zero-order valence-electron chi connectivity index (χ0n) is 8.38. The van der Waals surface area contributed by atoms with Gasteiger partial charge in [-0.1, -0.05) is 26.0 Å². The van der Waals surface area contributed by atoms with Crippen LogP contribution in [0.2, 0.25) is 0 Å². The van der Waals surface area contributed by atoms with Gasteiger partial charge in [-0.25, -0.2) is 4.39 Å². The van der Waals surface area contributed by atoms with Crippen LogP contribution in [0, 0.1) is 17.2 Å². The van der Waals surface area contributed by atoms with Gasteiger partial charge in [-0.3, -0.25) is 4.79 Å². The van der Waals surface area contributed by atoms with E-state index in [1.807, 2.05) is 13.8 Å². The highest BCUT2D eigenvalue weighted by atomic mass is 19.1. The van der Waals surface area contributed by atoms with Crippen LogP contribution in [0.15, 0.2) is 24.3 Å². The molecule has 74 valence electrons. The quantitative estimate of drug-likeness (QED) is 0.658. The molecule has 1 fully saturated rings. The molecule has 1 aliphatic rings. The van der Waals surface area contributed by atoms with Gasteiger partial charge in [0.25, 0.3) is 0 Å². The van der Waals surface area contributed by atoms with Crippen LogP contribution in [-0.4, -0.2) is 5.78 Å². The van der Waals surface area contributed by atoms with E-state index in [0.29, 0.717) is 0 Å². The van der Waals surface area contributed by atoms with Gasteiger partial charge in [0.05, 0.1) is 5.56 Å². The summed E-state index contributed by atoms with van der Waals surface area (Å²) in [4.78, 5) is 11.8. The number of Topliss-reactive ketones (excluding diaryl/α,β-unsaturated/α-hetero) is 1. The van der Waals surface area contributed by atoms with E-state index in [4.69, 9.17) is 0 Å². The van der Waals surface area contributed by atoms with Crippen molar-refractivity contribution >= 4 is 5.78 Å². The minimum atomic E-state index is -0.403. The Morgan fingerprint density at radius 3 is 2.50 bits per heavy atom. The summed E-state index contributed by atoms with van der Waals surface area (Å²) in [5, 5.41) is 0. The van der Waals surface area contributed by atoms with Crippen molar-refractivity contribution in [2.45, 2.75) is 20.3 Å². The lowest BCUT2D eigenvalue weighted by molar-refractivity contribution is 0.0949. The molecule has 1 aliphatic carbocycles. The Kier molecular flexibility index (Phi) is 1.95. The van der Waals surface area contributed by atoms with Gasteiger partial charge in [-0.05, 0) is 24.0 Å². The van der Waals surface area contributed by atoms with Crippen LogP contribution in [0.25, 0.3) is 0 Å². The molecule has 0 amide bonds. The second kappa shape index (κ2) is 2.91. The fraction of sp³-hybridized carbons (Fsp3) is 0.417. The van der Waals surface area contributed by atoms with Gasteiger partial charge in [-0.2, -0.15) is 0 Å². The summed E-state index contributed by atoms with van der Waals surface area (Å²) in [5.74, 6) is -0.437. The first-order chi connectivity index (χ1) is 6.52. The number of hydrogen-bond donors (Lipinski definition) is 0. The van der Waals surface area contributed by atoms with Crippen molar-refractivity contribution in [3.05, 3.63) is 35.6 Å². The van der Waals surface area contributed by atoms with E-state index >= 15 is 0 Å². The molecule has 0 bridgehead atoms. The molecule has 1 unspecified atom stereocenters. The molecule has 1 atom stereocenters. The monoisotopic (exact) mass is 192 g/mol. The van der Waals surface area contributed by atoms with Crippen molar-refractivity contribution in [2.24, 2.45) is 11.3 Å². The van der Waals surface area contributed by atoms with Crippen molar-refractivity contribution < 1.29 is 9.18 Å². The van der Waals surface area contributed by atoms with Gasteiger partial charge in [0.2, 0.25) is 0 Å². The number of hydrogen-bond acceptors (Lipinski definition) is 1. The van der Waals surface area contributed by atoms with Crippen molar-refractivity contribution in [1.82, 2.24) is 0 Å². The van der Waals surface area contributed by atoms with Crippen LogP contribution in [0.5, 0.6) is 0 Å². The summed E-state index contributed by atoms with van der Waals surface area (Å²) >= 11 is 0. The average Bonchev–Trinajstić information content (AvgIpc) is 2.75. The Bertz CT molecular complexity index is 382. The molecule has 0 aliphatic heterocycles. The maximum atomic E-state index is 13.3. The molecule has 0 N–H and O–H groups in total. The van der Waals surface area contributed by atoms with Crippen LogP contribution < -0.4 is 0 Å². The van der Waals surface area contributed by atoms with Gasteiger partial charge >= 0.3 is 0 Å². The first kappa shape index (κ1) is 9.38. The highest BCUT2D eigenvalue weighted by Crippen LogP contribution is 2.53. The van der Waals surface area contributed by atoms with E-state index < -0.39 is 5.82 Å². The van der Waals surface area contributed by atoms with Crippen LogP contribution >= 0.6 is 0 Å². The van der Waals surface area contributed by atoms with Crippen molar-refractivity contribution in [3.63, 3.8) is 0 Å². The third kappa shape index (κ3) is 1.45. The fourth-order valence-corrected chi connectivity index (χ4v) is 1.76. The molecule has 1 saturated carbocycles. The molecule has 0 heterocycles. The first-order valence-corrected chi connectivity index (χ1v) is 4.81. The molecular weight excluding hydrogens is 179 g/mol. The third-order valence-corrected chi connectivity index (χ3v) is 2.97. The lowest BCUT2D eigenvalue weighted by atomic mass is 10.0. The summed E-state index contributed by atoms with van der Waals surface area (Å²) in [7, 11) is 0. The lowest BCUT2D eigenvalue weighted by Gasteiger charge is -2.03. The standard InChI is InChI=1S/C12H13FO/c1-12(2)7-9(12)11(14)8-5-3-4-6-10(8)13/h3-6,9H,7H2,1-2H3. The Hall–Kier alpha value is -1.18. The average molecular weight is 192 g/mol. The summed E-state index contributed by atoms with van der Waals surface area (Å²) in [6.45, 7) is 4.08. The molecule has 1 nitrogen and oxygen atoms in total. The van der Waals surface area contributed by atoms with Gasteiger partial charge in [0, 0.05) is 5.92 Å². The van der Waals surface area contributed by atoms with Crippen molar-refractivity contribution in [3.8, 4) is 0 Å². The van der Waals surface area contributed by atoms with Gasteiger partial charge in [-0.15, -0.1) is 0 Å². The molecular formula is C12H13FO. The first-order valence-electron chi connectivity index (χ1n) is 4.81. The second-order valence-corrected chi connectivity index (χ2v) is 4.59. The number of rotatable bonds is 2. The van der Waals surface area contributed by atoms with E-state index in [-0.39, 0.29) is 22.7 Å². The number of benzene rings is 1. The maximum absolute atomic E-state index is 13.3. The van der Waals surface area contributed by atoms with Gasteiger partial charge < -0.3 is 0 Å². The van der Waals surface area contributed by atoms with E-state index in [2.05, 4.69) is 0 Å². The molecule has 0 radical (unpaired) electrons. The summed E-state index contributed by atoms with van der Waals surface area (Å²) in [6, 6.07) is 6.20. The predicted molar refractivity (Wildman–Crippen MR) is 52.6 cm³/mol. The molecule has 14 heavy (non-hydrogen) atoms. The highest BCUT2D eigenvalue weighted by Gasteiger charge is 2.50. The second-order valence-electron chi connectivity index (χ2n) is 4.59. The van der Waals surface area contributed by atoms with Crippen LogP contribution in [-0.2, 0) is 0 Å². The number of carbonyl (C=O) groups excluding carboxylic acids is 1. The normalized spacial score (nSPS) is 23.2. The SMILES string of the molecule is CC1(C)CC1C(=O)c1ccccc1F. The third-order valence-electron chi connectivity index (χ3n) is 2.97. The molecule has 0 spiro atoms. The topological polar surface area (TPSA) is 17.1 Å². The zero-order chi connectivity index (χ0) is 10.3. The van der Waals surface area contributed by atoms with Gasteiger partial charge in [0.15, 0.2) is 5.78 Å². The van der Waals surface area contributed by atoms with Crippen molar-refractivity contribution in [2.75, 3.05) is 0 Å². The van der Waals surface area contributed by atoms with Gasteiger partial charge in [0.1, 0.15) is 5.82 Å². The number of carbonyl (C=O) groups is 1. The predicted octanol–water partition coefficient (Wildman–Crippen LogP) is 3.05. The van der Waals surface area contributed by atoms with E-state index in [0.717, 1.165) is 6.42 Å². The Morgan fingerprint density at radius 2 is 2.00 bits per heavy atom. The van der Waals surface area contributed by atoms with Crippen molar-refractivity contribution in [1.29, 1.82) is 0 Å². The molecule has 1 aromatic carbocycles. The Morgan fingerprint density at radius 1 is 1.43 bits per heavy atom. The largest absolute Gasteiger partial charge is 0.294 e. The molecule has 2 rings (SSSR count). The highest BCUT2D eigenvalue weighted by molar-refractivity contribution is 6.00. The van der Waals surface area contributed by atoms with Crippen LogP contribution in [0.3, 0.4) is 0 Å².